The van der Waals surface area contributed by atoms with Gasteiger partial charge in [-0.25, -0.2) is 4.98 Å². The molecule has 21 heavy (non-hydrogen) atoms. The summed E-state index contributed by atoms with van der Waals surface area (Å²) in [6, 6.07) is 6.80. The van der Waals surface area contributed by atoms with E-state index in [1.165, 1.54) is 10.6 Å². The molecule has 1 heterocycles. The van der Waals surface area contributed by atoms with E-state index in [-0.39, 0.29) is 5.03 Å². The van der Waals surface area contributed by atoms with Crippen molar-refractivity contribution in [2.75, 3.05) is 16.6 Å². The second-order valence-electron chi connectivity index (χ2n) is 4.71. The highest BCUT2D eigenvalue weighted by Crippen LogP contribution is 2.24. The van der Waals surface area contributed by atoms with Gasteiger partial charge in [-0.2, -0.15) is 8.42 Å². The molecule has 0 radical (unpaired) electrons. The normalized spacial score (nSPS) is 11.5. The van der Waals surface area contributed by atoms with Gasteiger partial charge in [0.25, 0.3) is 10.0 Å². The molecule has 6 nitrogen and oxygen atoms in total. The van der Waals surface area contributed by atoms with E-state index in [9.17, 15) is 8.42 Å². The first-order valence-corrected chi connectivity index (χ1v) is 8.33. The van der Waals surface area contributed by atoms with E-state index >= 15 is 0 Å². The third kappa shape index (κ3) is 3.18. The molecule has 0 unspecified atom stereocenters. The summed E-state index contributed by atoms with van der Waals surface area (Å²) in [6.07, 6.45) is 3.79. The second-order valence-corrected chi connectivity index (χ2v) is 6.52. The first kappa shape index (κ1) is 15.4. The van der Waals surface area contributed by atoms with E-state index in [1.807, 2.05) is 13.8 Å². The summed E-state index contributed by atoms with van der Waals surface area (Å²) < 4.78 is 28.6. The van der Waals surface area contributed by atoms with E-state index in [0.29, 0.717) is 30.9 Å². The van der Waals surface area contributed by atoms with E-state index in [0.717, 1.165) is 0 Å². The predicted molar refractivity (Wildman–Crippen MR) is 83.6 cm³/mol. The third-order valence-electron chi connectivity index (χ3n) is 3.14. The van der Waals surface area contributed by atoms with E-state index in [2.05, 4.69) is 4.98 Å². The smallest absolute Gasteiger partial charge is 0.283 e. The average Bonchev–Trinajstić information content (AvgIpc) is 2.95. The summed E-state index contributed by atoms with van der Waals surface area (Å²) >= 11 is 0. The lowest BCUT2D eigenvalue weighted by Gasteiger charge is -2.22. The van der Waals surface area contributed by atoms with Crippen LogP contribution in [0, 0.1) is 0 Å². The minimum absolute atomic E-state index is 0.0645. The van der Waals surface area contributed by atoms with Crippen molar-refractivity contribution < 1.29 is 8.42 Å². The van der Waals surface area contributed by atoms with E-state index in [1.54, 1.807) is 35.0 Å². The molecule has 2 N–H and O–H groups in total. The number of hydrogen-bond donors (Lipinski definition) is 1. The van der Waals surface area contributed by atoms with Crippen LogP contribution >= 0.6 is 0 Å². The minimum atomic E-state index is -3.66. The summed E-state index contributed by atoms with van der Waals surface area (Å²) in [7, 11) is -3.66. The quantitative estimate of drug-likeness (QED) is 0.829. The molecule has 2 rings (SSSR count). The molecule has 0 spiro atoms. The van der Waals surface area contributed by atoms with E-state index < -0.39 is 10.0 Å². The maximum atomic E-state index is 12.8. The number of anilines is 2. The van der Waals surface area contributed by atoms with Gasteiger partial charge in [-0.3, -0.25) is 4.31 Å². The molecule has 0 aliphatic carbocycles. The third-order valence-corrected chi connectivity index (χ3v) is 4.85. The second kappa shape index (κ2) is 6.17. The molecule has 0 aliphatic rings. The Balaban J connectivity index is 2.42. The maximum Gasteiger partial charge on any atom is 0.283 e. The molecule has 0 saturated carbocycles. The Bertz CT molecular complexity index is 692. The minimum Gasteiger partial charge on any atom is -0.399 e. The number of nitrogens with zero attached hydrogens (tertiary/aromatic N) is 3. The Kier molecular flexibility index (Phi) is 4.52. The fourth-order valence-corrected chi connectivity index (χ4v) is 3.49. The molecule has 7 heteroatoms. The zero-order valence-corrected chi connectivity index (χ0v) is 13.0. The van der Waals surface area contributed by atoms with Crippen LogP contribution in [0.5, 0.6) is 0 Å². The highest BCUT2D eigenvalue weighted by Gasteiger charge is 2.26. The number of aryl methyl sites for hydroxylation is 1. The number of rotatable bonds is 6. The molecule has 0 atom stereocenters. The monoisotopic (exact) mass is 308 g/mol. The topological polar surface area (TPSA) is 81.2 Å². The SMILES string of the molecule is CCCN(c1ccc(N)cc1)S(=O)(=O)c1cn(CC)cn1. The number of hydrogen-bond acceptors (Lipinski definition) is 4. The number of nitrogen functional groups attached to an aromatic ring is 1. The van der Waals surface area contributed by atoms with Crippen LogP contribution in [0.4, 0.5) is 11.4 Å². The standard InChI is InChI=1S/C14H20N4O2S/c1-3-9-18(13-7-5-12(15)6-8-13)21(19,20)14-10-17(4-2)11-16-14/h5-8,10-11H,3-4,9,15H2,1-2H3. The Labute approximate surface area is 125 Å². The fraction of sp³-hybridized carbons (Fsp3) is 0.357. The number of benzene rings is 1. The van der Waals surface area contributed by atoms with Crippen molar-refractivity contribution in [2.45, 2.75) is 31.8 Å². The van der Waals surface area contributed by atoms with E-state index in [4.69, 9.17) is 5.73 Å². The molecule has 0 saturated heterocycles. The number of aromatic nitrogens is 2. The first-order chi connectivity index (χ1) is 9.98. The molecule has 114 valence electrons. The summed E-state index contributed by atoms with van der Waals surface area (Å²) in [5.41, 5.74) is 6.85. The van der Waals surface area contributed by atoms with Gasteiger partial charge >= 0.3 is 0 Å². The number of imidazole rings is 1. The zero-order chi connectivity index (χ0) is 15.5. The van der Waals surface area contributed by atoms with Crippen molar-refractivity contribution in [3.63, 3.8) is 0 Å². The highest BCUT2D eigenvalue weighted by atomic mass is 32.2. The largest absolute Gasteiger partial charge is 0.399 e. The van der Waals surface area contributed by atoms with Gasteiger partial charge in [0.15, 0.2) is 5.03 Å². The molecule has 2 aromatic rings. The van der Waals surface area contributed by atoms with Crippen LogP contribution < -0.4 is 10.0 Å². The van der Waals surface area contributed by atoms with Crippen molar-refractivity contribution in [1.29, 1.82) is 0 Å². The van der Waals surface area contributed by atoms with Crippen molar-refractivity contribution >= 4 is 21.4 Å². The summed E-state index contributed by atoms with van der Waals surface area (Å²) in [5.74, 6) is 0. The Morgan fingerprint density at radius 3 is 2.43 bits per heavy atom. The lowest BCUT2D eigenvalue weighted by Crippen LogP contribution is -2.32. The molecular weight excluding hydrogens is 288 g/mol. The Hall–Kier alpha value is -2.02. The van der Waals surface area contributed by atoms with Gasteiger partial charge in [-0.05, 0) is 37.6 Å². The van der Waals surface area contributed by atoms with Crippen molar-refractivity contribution in [3.8, 4) is 0 Å². The molecular formula is C14H20N4O2S. The first-order valence-electron chi connectivity index (χ1n) is 6.89. The zero-order valence-electron chi connectivity index (χ0n) is 12.2. The Morgan fingerprint density at radius 1 is 1.24 bits per heavy atom. The van der Waals surface area contributed by atoms with Gasteiger partial charge < -0.3 is 10.3 Å². The molecule has 0 fully saturated rings. The molecule has 1 aromatic carbocycles. The van der Waals surface area contributed by atoms with Crippen LogP contribution in [0.3, 0.4) is 0 Å². The fourth-order valence-electron chi connectivity index (χ4n) is 1.99. The van der Waals surface area contributed by atoms with Crippen LogP contribution in [0.15, 0.2) is 41.8 Å². The van der Waals surface area contributed by atoms with Crippen molar-refractivity contribution in [3.05, 3.63) is 36.8 Å². The average molecular weight is 308 g/mol. The van der Waals surface area contributed by atoms with Crippen LogP contribution in [0.25, 0.3) is 0 Å². The van der Waals surface area contributed by atoms with Crippen LogP contribution in [0.2, 0.25) is 0 Å². The van der Waals surface area contributed by atoms with Crippen LogP contribution in [-0.4, -0.2) is 24.5 Å². The highest BCUT2D eigenvalue weighted by molar-refractivity contribution is 7.92. The van der Waals surface area contributed by atoms with Crippen LogP contribution in [-0.2, 0) is 16.6 Å². The lowest BCUT2D eigenvalue weighted by molar-refractivity contribution is 0.586. The van der Waals surface area contributed by atoms with Gasteiger partial charge in [0, 0.05) is 25.0 Å². The van der Waals surface area contributed by atoms with Gasteiger partial charge in [-0.1, -0.05) is 6.92 Å². The maximum absolute atomic E-state index is 12.8. The van der Waals surface area contributed by atoms with Crippen LogP contribution in [0.1, 0.15) is 20.3 Å². The number of sulfonamides is 1. The number of nitrogens with two attached hydrogens (primary N) is 1. The predicted octanol–water partition coefficient (Wildman–Crippen LogP) is 2.09. The summed E-state index contributed by atoms with van der Waals surface area (Å²) in [6.45, 7) is 4.94. The molecule has 0 amide bonds. The summed E-state index contributed by atoms with van der Waals surface area (Å²) in [5, 5.41) is 0.0645. The van der Waals surface area contributed by atoms with Gasteiger partial charge in [0.1, 0.15) is 0 Å². The molecule has 0 bridgehead atoms. The van der Waals surface area contributed by atoms with Gasteiger partial charge in [-0.15, -0.1) is 0 Å². The summed E-state index contributed by atoms with van der Waals surface area (Å²) in [4.78, 5) is 4.01. The molecule has 0 aliphatic heterocycles. The molecule has 1 aromatic heterocycles. The van der Waals surface area contributed by atoms with Gasteiger partial charge in [0.2, 0.25) is 0 Å². The van der Waals surface area contributed by atoms with Crippen molar-refractivity contribution in [2.24, 2.45) is 0 Å². The lowest BCUT2D eigenvalue weighted by atomic mass is 10.3. The Morgan fingerprint density at radius 2 is 1.90 bits per heavy atom. The van der Waals surface area contributed by atoms with Crippen molar-refractivity contribution in [1.82, 2.24) is 9.55 Å². The van der Waals surface area contributed by atoms with Gasteiger partial charge in [0.05, 0.1) is 12.0 Å².